The zero-order valence-electron chi connectivity index (χ0n) is 12.0. The molecule has 106 valence electrons. The largest absolute Gasteiger partial charge is 0.497 e. The Kier molecular flexibility index (Phi) is 4.74. The van der Waals surface area contributed by atoms with Crippen molar-refractivity contribution in [2.45, 2.75) is 37.8 Å². The van der Waals surface area contributed by atoms with Gasteiger partial charge in [0.25, 0.3) is 0 Å². The zero-order valence-corrected chi connectivity index (χ0v) is 12.8. The molecule has 0 spiro atoms. The molecule has 1 aromatic carbocycles. The van der Waals surface area contributed by atoms with Crippen molar-refractivity contribution >= 4 is 11.8 Å². The highest BCUT2D eigenvalue weighted by molar-refractivity contribution is 7.99. The van der Waals surface area contributed by atoms with Gasteiger partial charge in [0.1, 0.15) is 11.6 Å². The summed E-state index contributed by atoms with van der Waals surface area (Å²) < 4.78 is 19.3. The second kappa shape index (κ2) is 6.14. The third-order valence-electron chi connectivity index (χ3n) is 3.60. The molecule has 2 unspecified atom stereocenters. The lowest BCUT2D eigenvalue weighted by atomic mass is 9.92. The Hall–Kier alpha value is -0.740. The molecule has 2 rings (SSSR count). The molecule has 1 aromatic rings. The van der Waals surface area contributed by atoms with Crippen molar-refractivity contribution < 1.29 is 9.13 Å². The van der Waals surface area contributed by atoms with Gasteiger partial charge in [-0.05, 0) is 24.1 Å². The molecular formula is C15H22FNOS. The number of fused-ring (bicyclic) bond motifs is 1. The highest BCUT2D eigenvalue weighted by atomic mass is 32.2. The van der Waals surface area contributed by atoms with Crippen LogP contribution in [-0.4, -0.2) is 18.9 Å². The molecule has 0 bridgehead atoms. The van der Waals surface area contributed by atoms with Gasteiger partial charge in [-0.3, -0.25) is 0 Å². The first kappa shape index (κ1) is 14.7. The number of rotatable bonds is 4. The van der Waals surface area contributed by atoms with Crippen LogP contribution in [0.1, 0.15) is 37.9 Å². The molecule has 19 heavy (non-hydrogen) atoms. The first-order valence-corrected chi connectivity index (χ1v) is 7.84. The van der Waals surface area contributed by atoms with Crippen LogP contribution in [0.25, 0.3) is 0 Å². The van der Waals surface area contributed by atoms with E-state index in [1.54, 1.807) is 7.11 Å². The number of benzene rings is 1. The number of methoxy groups -OCH3 is 1. The van der Waals surface area contributed by atoms with Crippen LogP contribution >= 0.6 is 11.8 Å². The van der Waals surface area contributed by atoms with Crippen LogP contribution in [0.2, 0.25) is 0 Å². The molecule has 0 saturated heterocycles. The summed E-state index contributed by atoms with van der Waals surface area (Å²) in [7, 11) is 1.58. The summed E-state index contributed by atoms with van der Waals surface area (Å²) in [6, 6.07) is 3.67. The SMILES string of the molecule is CCNC1c2cc(OC)cc(F)c2CSC1C(C)C. The van der Waals surface area contributed by atoms with E-state index < -0.39 is 0 Å². The molecule has 1 N–H and O–H groups in total. The van der Waals surface area contributed by atoms with E-state index in [9.17, 15) is 4.39 Å². The molecule has 0 fully saturated rings. The molecule has 2 atom stereocenters. The van der Waals surface area contributed by atoms with Gasteiger partial charge >= 0.3 is 0 Å². The molecule has 0 aromatic heterocycles. The van der Waals surface area contributed by atoms with Gasteiger partial charge in [-0.25, -0.2) is 4.39 Å². The summed E-state index contributed by atoms with van der Waals surface area (Å²) in [5.41, 5.74) is 1.89. The predicted octanol–water partition coefficient (Wildman–Crippen LogP) is 3.76. The summed E-state index contributed by atoms with van der Waals surface area (Å²) in [5.74, 6) is 1.76. The summed E-state index contributed by atoms with van der Waals surface area (Å²) in [6.45, 7) is 7.42. The molecule has 0 amide bonds. The van der Waals surface area contributed by atoms with Gasteiger partial charge in [0, 0.05) is 28.7 Å². The van der Waals surface area contributed by atoms with E-state index in [0.29, 0.717) is 16.9 Å². The average molecular weight is 283 g/mol. The van der Waals surface area contributed by atoms with Gasteiger partial charge < -0.3 is 10.1 Å². The fourth-order valence-electron chi connectivity index (χ4n) is 2.66. The smallest absolute Gasteiger partial charge is 0.131 e. The van der Waals surface area contributed by atoms with E-state index in [1.165, 1.54) is 6.07 Å². The zero-order chi connectivity index (χ0) is 14.0. The van der Waals surface area contributed by atoms with Crippen molar-refractivity contribution in [2.75, 3.05) is 13.7 Å². The Morgan fingerprint density at radius 2 is 2.21 bits per heavy atom. The van der Waals surface area contributed by atoms with Crippen LogP contribution in [0, 0.1) is 11.7 Å². The molecule has 1 aliphatic heterocycles. The predicted molar refractivity (Wildman–Crippen MR) is 79.3 cm³/mol. The molecular weight excluding hydrogens is 261 g/mol. The lowest BCUT2D eigenvalue weighted by Gasteiger charge is -2.36. The van der Waals surface area contributed by atoms with E-state index in [0.717, 1.165) is 23.4 Å². The van der Waals surface area contributed by atoms with Gasteiger partial charge in [-0.1, -0.05) is 20.8 Å². The van der Waals surface area contributed by atoms with Crippen LogP contribution < -0.4 is 10.1 Å². The van der Waals surface area contributed by atoms with Crippen LogP contribution in [0.3, 0.4) is 0 Å². The van der Waals surface area contributed by atoms with E-state index in [2.05, 4.69) is 26.1 Å². The van der Waals surface area contributed by atoms with Crippen LogP contribution in [-0.2, 0) is 5.75 Å². The minimum absolute atomic E-state index is 0.146. The minimum Gasteiger partial charge on any atom is -0.497 e. The fraction of sp³-hybridized carbons (Fsp3) is 0.600. The van der Waals surface area contributed by atoms with Gasteiger partial charge in [0.15, 0.2) is 0 Å². The van der Waals surface area contributed by atoms with Crippen molar-refractivity contribution in [2.24, 2.45) is 5.92 Å². The van der Waals surface area contributed by atoms with Crippen LogP contribution in [0.15, 0.2) is 12.1 Å². The summed E-state index contributed by atoms with van der Waals surface area (Å²) in [6.07, 6.45) is 0. The Bertz CT molecular complexity index is 450. The van der Waals surface area contributed by atoms with Crippen molar-refractivity contribution in [1.82, 2.24) is 5.32 Å². The minimum atomic E-state index is -0.146. The normalized spacial score (nSPS) is 22.4. The van der Waals surface area contributed by atoms with Crippen molar-refractivity contribution in [3.05, 3.63) is 29.1 Å². The summed E-state index contributed by atoms with van der Waals surface area (Å²) in [5, 5.41) is 3.98. The number of hydrogen-bond acceptors (Lipinski definition) is 3. The van der Waals surface area contributed by atoms with Gasteiger partial charge in [0.05, 0.1) is 7.11 Å². The number of thioether (sulfide) groups is 1. The first-order chi connectivity index (χ1) is 9.08. The van der Waals surface area contributed by atoms with Crippen LogP contribution in [0.4, 0.5) is 4.39 Å². The average Bonchev–Trinajstić information content (AvgIpc) is 2.39. The Balaban J connectivity index is 2.46. The summed E-state index contributed by atoms with van der Waals surface area (Å²) in [4.78, 5) is 0. The van der Waals surface area contributed by atoms with E-state index >= 15 is 0 Å². The third kappa shape index (κ3) is 2.90. The Labute approximate surface area is 119 Å². The van der Waals surface area contributed by atoms with Crippen LogP contribution in [0.5, 0.6) is 5.75 Å². The highest BCUT2D eigenvalue weighted by Crippen LogP contribution is 2.43. The quantitative estimate of drug-likeness (QED) is 0.909. The molecule has 0 aliphatic carbocycles. The topological polar surface area (TPSA) is 21.3 Å². The second-order valence-electron chi connectivity index (χ2n) is 5.23. The third-order valence-corrected chi connectivity index (χ3v) is 5.26. The highest BCUT2D eigenvalue weighted by Gasteiger charge is 2.33. The molecule has 4 heteroatoms. The summed E-state index contributed by atoms with van der Waals surface area (Å²) >= 11 is 1.85. The first-order valence-electron chi connectivity index (χ1n) is 6.79. The van der Waals surface area contributed by atoms with Gasteiger partial charge in [0.2, 0.25) is 0 Å². The van der Waals surface area contributed by atoms with E-state index in [-0.39, 0.29) is 11.9 Å². The van der Waals surface area contributed by atoms with E-state index in [4.69, 9.17) is 4.74 Å². The molecule has 2 nitrogen and oxygen atoms in total. The number of halogens is 1. The lowest BCUT2D eigenvalue weighted by Crippen LogP contribution is -2.36. The lowest BCUT2D eigenvalue weighted by molar-refractivity contribution is 0.403. The fourth-order valence-corrected chi connectivity index (χ4v) is 4.14. The molecule has 0 saturated carbocycles. The Morgan fingerprint density at radius 3 is 2.79 bits per heavy atom. The van der Waals surface area contributed by atoms with Gasteiger partial charge in [-0.2, -0.15) is 11.8 Å². The standard InChI is InChI=1S/C15H22FNOS/c1-5-17-14-11-6-10(18-4)7-13(16)12(11)8-19-15(14)9(2)3/h6-7,9,14-15,17H,5,8H2,1-4H3. The molecule has 1 heterocycles. The van der Waals surface area contributed by atoms with Gasteiger partial charge in [-0.15, -0.1) is 0 Å². The maximum Gasteiger partial charge on any atom is 0.131 e. The van der Waals surface area contributed by atoms with Crippen molar-refractivity contribution in [3.63, 3.8) is 0 Å². The number of hydrogen-bond donors (Lipinski definition) is 1. The maximum atomic E-state index is 14.1. The molecule has 0 radical (unpaired) electrons. The monoisotopic (exact) mass is 283 g/mol. The van der Waals surface area contributed by atoms with E-state index in [1.807, 2.05) is 17.8 Å². The van der Waals surface area contributed by atoms with Crippen molar-refractivity contribution in [1.29, 1.82) is 0 Å². The number of nitrogens with one attached hydrogen (secondary N) is 1. The Morgan fingerprint density at radius 1 is 1.47 bits per heavy atom. The second-order valence-corrected chi connectivity index (χ2v) is 6.40. The maximum absolute atomic E-state index is 14.1. The van der Waals surface area contributed by atoms with Crippen molar-refractivity contribution in [3.8, 4) is 5.75 Å². The molecule has 1 aliphatic rings. The number of ether oxygens (including phenoxy) is 1.